The molecule has 5 unspecified atom stereocenters. The maximum atomic E-state index is 14.2. The van der Waals surface area contributed by atoms with Crippen molar-refractivity contribution in [3.8, 4) is 0 Å². The van der Waals surface area contributed by atoms with Gasteiger partial charge in [-0.2, -0.15) is 20.0 Å². The molecule has 10 aromatic carbocycles. The Hall–Kier alpha value is -10.6. The van der Waals surface area contributed by atoms with E-state index in [-0.39, 0.29) is 54.0 Å². The first-order valence-corrected chi connectivity index (χ1v) is 47.2. The van der Waals surface area contributed by atoms with Gasteiger partial charge in [0.15, 0.2) is 0 Å². The van der Waals surface area contributed by atoms with E-state index in [4.69, 9.17) is 37.5 Å². The number of rotatable bonds is 26. The number of hydrogen-bond acceptors (Lipinski definition) is 21. The van der Waals surface area contributed by atoms with Crippen molar-refractivity contribution < 1.29 is 81.3 Å². The molecule has 2 saturated heterocycles. The molecule has 127 heavy (non-hydrogen) atoms. The van der Waals surface area contributed by atoms with Crippen LogP contribution in [0.15, 0.2) is 275 Å². The summed E-state index contributed by atoms with van der Waals surface area (Å²) in [5.74, 6) is 0.240. The number of aliphatic imine (C=N–C) groups is 4. The van der Waals surface area contributed by atoms with Gasteiger partial charge in [-0.15, -0.1) is 31.5 Å². The number of halogens is 3. The minimum Gasteiger partial charge on any atom is -0.463 e. The van der Waals surface area contributed by atoms with Gasteiger partial charge in [-0.3, -0.25) is 33.6 Å². The van der Waals surface area contributed by atoms with E-state index >= 15 is 0 Å². The van der Waals surface area contributed by atoms with Crippen LogP contribution in [0.25, 0.3) is 0 Å². The Morgan fingerprint density at radius 1 is 0.496 bits per heavy atom. The zero-order chi connectivity index (χ0) is 92.9. The molecule has 31 heteroatoms. The molecule has 2 heterocycles. The second-order valence-corrected chi connectivity index (χ2v) is 39.6. The van der Waals surface area contributed by atoms with Crippen LogP contribution in [0.1, 0.15) is 157 Å². The molecule has 12 rings (SSSR count). The fraction of sp³-hybridized carbons (Fsp3) is 0.260. The fourth-order valence-electron chi connectivity index (χ4n) is 13.6. The standard InChI is InChI=1S/C22H18NO3P.C20H14NO3P.C13H13OP.C12H21NO3.C10H8ClNO2.C10H19NO2.C8H4ClNO2.CH4.BH3IOP/c1-16-13-18(23-15-24)14-17(2)21(16)22(25)27(26,19-9-5-3-6-10-19)20-11-7-4-8-12-20;22-15-21-17-13-11-16(12-14-17)20(23)25(24,18-7-3-1-4-8-18)19-9-5-2-6-10-19;1-14-15(12-8-4-2-5-9-12)13-10-6-3-7-11-13;1-4-11(8-9(2)16-10(3)14)13-7-5-6-12(13)15;1-6-3-8(12-5-13)4-7(2)9(6)10(11)14;1-3-9(7-8(2)12)11-6-4-5-10(11)13;9-8(12)6-1-3-7(4-2-6)10-5-11;;2-1(3)4/h3-14H,1-2H3;1-14H;2-11H,1H3;9,11H,4-8H2,1-3H3;3-4H,1-2H3;8-9,12H,3-7H2,1-2H3;1-4H;1H4;3H,4H2. The summed E-state index contributed by atoms with van der Waals surface area (Å²) in [6, 6.07) is 74.9. The Bertz CT molecular complexity index is 5350. The van der Waals surface area contributed by atoms with Crippen molar-refractivity contribution >= 4 is 200 Å². The highest BCUT2D eigenvalue weighted by Gasteiger charge is 2.39. The maximum Gasteiger partial charge on any atom is 0.384 e. The molecular weight excluding hydrogens is 1840 g/mol. The average Bonchev–Trinajstić information content (AvgIpc) is 1.10. The van der Waals surface area contributed by atoms with Gasteiger partial charge in [0.25, 0.3) is 10.5 Å². The van der Waals surface area contributed by atoms with Crippen LogP contribution in [-0.2, 0) is 52.0 Å². The summed E-state index contributed by atoms with van der Waals surface area (Å²) < 4.78 is 38.5. The number of carbonyl (C=O) groups excluding carboxylic acids is 11. The molecule has 0 bridgehead atoms. The first kappa shape index (κ1) is 109. The summed E-state index contributed by atoms with van der Waals surface area (Å²) in [7, 11) is -3.76. The van der Waals surface area contributed by atoms with E-state index in [0.29, 0.717) is 108 Å². The van der Waals surface area contributed by atoms with Crippen molar-refractivity contribution in [3.63, 3.8) is 0 Å². The monoisotopic (exact) mass is 1940 g/mol. The first-order valence-electron chi connectivity index (χ1n) is 39.9. The number of carbonyl (C=O) groups is 7. The van der Waals surface area contributed by atoms with E-state index in [0.717, 1.165) is 45.2 Å². The third kappa shape index (κ3) is 34.5. The topological polar surface area (TPSA) is 337 Å². The predicted octanol–water partition coefficient (Wildman–Crippen LogP) is 19.4. The summed E-state index contributed by atoms with van der Waals surface area (Å²) in [6.07, 6.45) is 12.0. The van der Waals surface area contributed by atoms with Crippen LogP contribution in [0, 0.1) is 27.7 Å². The smallest absolute Gasteiger partial charge is 0.384 e. The van der Waals surface area contributed by atoms with E-state index < -0.39 is 44.0 Å². The number of likely N-dealkylation sites (tertiary alicyclic amines) is 2. The largest absolute Gasteiger partial charge is 0.463 e. The number of aryl methyl sites for hydroxylation is 4. The fourth-order valence-corrected chi connectivity index (χ4v) is 20.7. The van der Waals surface area contributed by atoms with Gasteiger partial charge >= 0.3 is 10.5 Å². The minimum atomic E-state index is -3.57. The number of amides is 2. The normalized spacial score (nSPS) is 12.5. The molecule has 0 spiro atoms. The second-order valence-electron chi connectivity index (χ2n) is 28.3. The summed E-state index contributed by atoms with van der Waals surface area (Å²) >= 11 is 12.4. The van der Waals surface area contributed by atoms with Gasteiger partial charge in [-0.25, -0.2) is 19.2 Å². The Balaban J connectivity index is 0.000000314. The molecule has 0 aliphatic carbocycles. The number of aliphatic hydroxyl groups excluding tert-OH is 1. The van der Waals surface area contributed by atoms with Crippen LogP contribution in [0.5, 0.6) is 0 Å². The number of nitrogens with zero attached hydrogens (tertiary/aromatic N) is 6. The molecule has 10 aromatic rings. The Labute approximate surface area is 770 Å². The van der Waals surface area contributed by atoms with E-state index in [1.54, 1.807) is 163 Å². The molecular formula is C96H104BCl2IN6O17P4. The highest BCUT2D eigenvalue weighted by Crippen LogP contribution is 2.49. The van der Waals surface area contributed by atoms with Crippen LogP contribution in [-0.4, -0.2) is 133 Å². The predicted molar refractivity (Wildman–Crippen MR) is 521 cm³/mol. The third-order valence-electron chi connectivity index (χ3n) is 19.2. The number of benzene rings is 10. The molecule has 2 aliphatic heterocycles. The lowest BCUT2D eigenvalue weighted by Gasteiger charge is -2.28. The first-order chi connectivity index (χ1) is 60.3. The van der Waals surface area contributed by atoms with Crippen LogP contribution in [0.2, 0.25) is 0 Å². The lowest BCUT2D eigenvalue weighted by Crippen LogP contribution is -2.38. The summed E-state index contributed by atoms with van der Waals surface area (Å²) in [6.45, 7) is 17.9. The number of esters is 1. The van der Waals surface area contributed by atoms with E-state index in [1.165, 1.54) is 90.4 Å². The minimum absolute atomic E-state index is 0. The van der Waals surface area contributed by atoms with Gasteiger partial charge in [-0.05, 0) is 192 Å². The van der Waals surface area contributed by atoms with Crippen molar-refractivity contribution in [2.24, 2.45) is 20.0 Å². The molecule has 0 saturated carbocycles. The molecule has 5 atom stereocenters. The molecule has 23 nitrogen and oxygen atoms in total. The van der Waals surface area contributed by atoms with Gasteiger partial charge in [0.1, 0.15) is 6.10 Å². The Morgan fingerprint density at radius 3 is 1.07 bits per heavy atom. The summed E-state index contributed by atoms with van der Waals surface area (Å²) in [4.78, 5) is 141. The maximum absolute atomic E-state index is 14.2. The number of isocyanates is 4. The zero-order valence-corrected chi connectivity index (χ0v) is 79.0. The zero-order valence-electron chi connectivity index (χ0n) is 71.5. The van der Waals surface area contributed by atoms with Gasteiger partial charge in [0.2, 0.25) is 61.5 Å². The molecule has 2 N–H and O–H groups in total. The van der Waals surface area contributed by atoms with Gasteiger partial charge in [-0.1, -0.05) is 203 Å². The highest BCUT2D eigenvalue weighted by atomic mass is 127. The SMILES string of the molecule is C.CCC(CC(C)O)N1CCCC1=O.CCC(CC(C)OC(C)=O)N1CCCC1=O.COP(c1ccccc1)c1ccccc1.Cc1cc(N=C=O)cc(C)c1C(=O)Cl.Cc1cc(N=C=O)cc(C)c1C(=O)P(=O)(c1ccccc1)c1ccccc1.O=C=Nc1ccc(C(=O)Cl)cc1.O=C=Nc1ccc(C(=O)P(=O)(c2ccccc2)c2ccccc2)cc1.OB(P)I. The quantitative estimate of drug-likeness (QED) is 0.00967. The highest BCUT2D eigenvalue weighted by molar-refractivity contribution is 14.1. The number of hydrogen-bond donors (Lipinski definition) is 2. The van der Waals surface area contributed by atoms with Gasteiger partial charge < -0.3 is 38.3 Å². The summed E-state index contributed by atoms with van der Waals surface area (Å²) in [5, 5.41) is 20.7. The van der Waals surface area contributed by atoms with Crippen molar-refractivity contribution in [2.75, 3.05) is 20.2 Å². The van der Waals surface area contributed by atoms with Crippen molar-refractivity contribution in [1.82, 2.24) is 9.80 Å². The van der Waals surface area contributed by atoms with Crippen LogP contribution >= 0.6 is 77.1 Å². The average molecular weight is 1950 g/mol. The van der Waals surface area contributed by atoms with Crippen molar-refractivity contribution in [1.29, 1.82) is 0 Å². The van der Waals surface area contributed by atoms with Crippen LogP contribution in [0.3, 0.4) is 0 Å². The molecule has 2 aliphatic rings. The molecule has 2 amide bonds. The summed E-state index contributed by atoms with van der Waals surface area (Å²) in [5.41, 5.74) is 5.09. The molecule has 2 fully saturated rings. The van der Waals surface area contributed by atoms with E-state index in [9.17, 15) is 67.0 Å². The van der Waals surface area contributed by atoms with E-state index in [2.05, 4.69) is 67.2 Å². The second kappa shape index (κ2) is 57.3. The lowest BCUT2D eigenvalue weighted by molar-refractivity contribution is -0.146. The van der Waals surface area contributed by atoms with Crippen molar-refractivity contribution in [3.05, 3.63) is 299 Å². The Kier molecular flexibility index (Phi) is 49.0. The van der Waals surface area contributed by atoms with Gasteiger partial charge in [0, 0.05) is 113 Å². The van der Waals surface area contributed by atoms with E-state index in [1.807, 2.05) is 99.8 Å². The third-order valence-corrected chi connectivity index (χ3v) is 27.2. The van der Waals surface area contributed by atoms with Crippen molar-refractivity contribution in [2.45, 2.75) is 145 Å². The molecule has 664 valence electrons. The van der Waals surface area contributed by atoms with Crippen LogP contribution in [0.4, 0.5) is 22.7 Å². The molecule has 0 aromatic heterocycles. The number of ether oxygens (including phenoxy) is 1. The lowest BCUT2D eigenvalue weighted by atomic mass is 10.0. The Morgan fingerprint density at radius 2 is 0.795 bits per heavy atom. The molecule has 0 radical (unpaired) electrons. The van der Waals surface area contributed by atoms with Crippen LogP contribution < -0.4 is 31.8 Å². The van der Waals surface area contributed by atoms with Gasteiger partial charge in [0.05, 0.1) is 37.0 Å². The number of aliphatic hydroxyl groups is 1.